The Morgan fingerprint density at radius 3 is 2.63 bits per heavy atom. The molecule has 27 heavy (non-hydrogen) atoms. The smallest absolute Gasteiger partial charge is 0.226 e. The summed E-state index contributed by atoms with van der Waals surface area (Å²) in [7, 11) is 0. The molecule has 1 N–H and O–H groups in total. The standard InChI is InChI=1S/C21H17ClN4O/c22-16-9-5-4-8-15(16)20-19-17(25-21-23-12-24-26(20)21)10-14(11-18(19)27)13-6-2-1-3-7-13/h1-9,12,14,20H,10-11H2,(H,23,24,25). The number of fused-ring (bicyclic) bond motifs is 1. The van der Waals surface area contributed by atoms with Crippen molar-refractivity contribution >= 4 is 23.3 Å². The van der Waals surface area contributed by atoms with E-state index in [-0.39, 0.29) is 17.7 Å². The highest BCUT2D eigenvalue weighted by Gasteiger charge is 2.39. The number of hydrogen-bond donors (Lipinski definition) is 1. The van der Waals surface area contributed by atoms with E-state index in [9.17, 15) is 4.79 Å². The highest BCUT2D eigenvalue weighted by atomic mass is 35.5. The quantitative estimate of drug-likeness (QED) is 0.722. The Kier molecular flexibility index (Phi) is 3.83. The lowest BCUT2D eigenvalue weighted by atomic mass is 9.78. The molecule has 6 heteroatoms. The first-order valence-electron chi connectivity index (χ1n) is 8.94. The number of aromatic nitrogens is 3. The van der Waals surface area contributed by atoms with Gasteiger partial charge in [0.25, 0.3) is 0 Å². The summed E-state index contributed by atoms with van der Waals surface area (Å²) in [6.45, 7) is 0. The number of Topliss-reactive ketones (excluding diaryl/α,β-unsaturated/α-hetero) is 1. The van der Waals surface area contributed by atoms with Gasteiger partial charge in [0.1, 0.15) is 12.4 Å². The molecule has 1 aromatic heterocycles. The van der Waals surface area contributed by atoms with E-state index in [4.69, 9.17) is 11.6 Å². The lowest BCUT2D eigenvalue weighted by Gasteiger charge is -2.35. The number of carbonyl (C=O) groups is 1. The molecular formula is C21H17ClN4O. The van der Waals surface area contributed by atoms with Crippen molar-refractivity contribution in [3.63, 3.8) is 0 Å². The van der Waals surface area contributed by atoms with Crippen LogP contribution in [0, 0.1) is 0 Å². The van der Waals surface area contributed by atoms with E-state index in [1.54, 1.807) is 4.68 Å². The molecule has 2 unspecified atom stereocenters. The van der Waals surface area contributed by atoms with Crippen LogP contribution in [0.15, 0.2) is 72.2 Å². The zero-order chi connectivity index (χ0) is 18.4. The third-order valence-corrected chi connectivity index (χ3v) is 5.68. The van der Waals surface area contributed by atoms with Gasteiger partial charge in [0.2, 0.25) is 5.95 Å². The normalized spacial score (nSPS) is 21.4. The monoisotopic (exact) mass is 376 g/mol. The Labute approximate surface area is 161 Å². The largest absolute Gasteiger partial charge is 0.328 e. The van der Waals surface area contributed by atoms with Gasteiger partial charge >= 0.3 is 0 Å². The van der Waals surface area contributed by atoms with Crippen LogP contribution in [0.5, 0.6) is 0 Å². The molecular weight excluding hydrogens is 360 g/mol. The molecule has 1 aliphatic carbocycles. The Bertz CT molecular complexity index is 1060. The predicted molar refractivity (Wildman–Crippen MR) is 104 cm³/mol. The highest BCUT2D eigenvalue weighted by molar-refractivity contribution is 6.31. The molecule has 0 radical (unpaired) electrons. The van der Waals surface area contributed by atoms with Crippen LogP contribution in [0.2, 0.25) is 5.02 Å². The minimum Gasteiger partial charge on any atom is -0.328 e. The summed E-state index contributed by atoms with van der Waals surface area (Å²) in [4.78, 5) is 17.6. The number of anilines is 1. The summed E-state index contributed by atoms with van der Waals surface area (Å²) in [5.41, 5.74) is 3.71. The van der Waals surface area contributed by atoms with Crippen LogP contribution in [0.1, 0.15) is 35.9 Å². The molecule has 1 aliphatic heterocycles. The summed E-state index contributed by atoms with van der Waals surface area (Å²) in [6.07, 6.45) is 2.75. The van der Waals surface area contributed by atoms with E-state index in [1.165, 1.54) is 11.9 Å². The van der Waals surface area contributed by atoms with E-state index in [1.807, 2.05) is 42.5 Å². The lowest BCUT2D eigenvalue weighted by molar-refractivity contribution is -0.116. The number of ketones is 1. The number of hydrogen-bond acceptors (Lipinski definition) is 4. The maximum atomic E-state index is 13.2. The Morgan fingerprint density at radius 1 is 1.04 bits per heavy atom. The molecule has 5 nitrogen and oxygen atoms in total. The fraction of sp³-hybridized carbons (Fsp3) is 0.190. The summed E-state index contributed by atoms with van der Waals surface area (Å²) >= 11 is 6.48. The number of allylic oxidation sites excluding steroid dienone is 2. The highest BCUT2D eigenvalue weighted by Crippen LogP contribution is 2.44. The number of halogens is 1. The summed E-state index contributed by atoms with van der Waals surface area (Å²) in [5, 5.41) is 8.31. The molecule has 2 aliphatic rings. The van der Waals surface area contributed by atoms with Crippen molar-refractivity contribution in [2.75, 3.05) is 5.32 Å². The minimum atomic E-state index is -0.350. The Balaban J connectivity index is 1.63. The number of nitrogens with one attached hydrogen (secondary N) is 1. The van der Waals surface area contributed by atoms with Gasteiger partial charge in [0.05, 0.1) is 0 Å². The van der Waals surface area contributed by atoms with E-state index in [0.717, 1.165) is 23.3 Å². The van der Waals surface area contributed by atoms with Crippen molar-refractivity contribution in [2.24, 2.45) is 0 Å². The molecule has 134 valence electrons. The van der Waals surface area contributed by atoms with Crippen LogP contribution in [0.4, 0.5) is 5.95 Å². The van der Waals surface area contributed by atoms with Gasteiger partial charge in [-0.3, -0.25) is 4.79 Å². The van der Waals surface area contributed by atoms with Gasteiger partial charge in [0, 0.05) is 28.3 Å². The third-order valence-electron chi connectivity index (χ3n) is 5.33. The number of rotatable bonds is 2. The number of nitrogens with zero attached hydrogens (tertiary/aromatic N) is 3. The SMILES string of the molecule is O=C1CC(c2ccccc2)CC2=C1C(c1ccccc1Cl)n1ncnc1N2. The van der Waals surface area contributed by atoms with Crippen molar-refractivity contribution < 1.29 is 4.79 Å². The number of benzene rings is 2. The van der Waals surface area contributed by atoms with E-state index >= 15 is 0 Å². The lowest BCUT2D eigenvalue weighted by Crippen LogP contribution is -2.33. The average Bonchev–Trinajstić information content (AvgIpc) is 3.16. The zero-order valence-electron chi connectivity index (χ0n) is 14.5. The average molecular weight is 377 g/mol. The van der Waals surface area contributed by atoms with Crippen LogP contribution in [-0.2, 0) is 4.79 Å². The first-order valence-corrected chi connectivity index (χ1v) is 9.32. The summed E-state index contributed by atoms with van der Waals surface area (Å²) in [5.74, 6) is 0.926. The first-order chi connectivity index (χ1) is 13.2. The molecule has 0 amide bonds. The van der Waals surface area contributed by atoms with Crippen LogP contribution in [0.3, 0.4) is 0 Å². The molecule has 5 rings (SSSR count). The van der Waals surface area contributed by atoms with E-state index in [2.05, 4.69) is 27.5 Å². The van der Waals surface area contributed by atoms with Crippen molar-refractivity contribution in [1.82, 2.24) is 14.8 Å². The number of carbonyl (C=O) groups excluding carboxylic acids is 1. The van der Waals surface area contributed by atoms with Gasteiger partial charge in [-0.1, -0.05) is 60.1 Å². The molecule has 2 aromatic carbocycles. The molecule has 0 fully saturated rings. The fourth-order valence-electron chi connectivity index (χ4n) is 4.10. The Hall–Kier alpha value is -2.92. The molecule has 2 atom stereocenters. The molecule has 0 spiro atoms. The van der Waals surface area contributed by atoms with Crippen LogP contribution in [0.25, 0.3) is 0 Å². The maximum absolute atomic E-state index is 13.2. The first kappa shape index (κ1) is 16.3. The Morgan fingerprint density at radius 2 is 1.81 bits per heavy atom. The van der Waals surface area contributed by atoms with Crippen molar-refractivity contribution in [1.29, 1.82) is 0 Å². The van der Waals surface area contributed by atoms with Crippen LogP contribution < -0.4 is 5.32 Å². The summed E-state index contributed by atoms with van der Waals surface area (Å²) < 4.78 is 1.75. The van der Waals surface area contributed by atoms with Gasteiger partial charge < -0.3 is 5.32 Å². The molecule has 0 bridgehead atoms. The fourth-order valence-corrected chi connectivity index (χ4v) is 4.34. The van der Waals surface area contributed by atoms with Crippen molar-refractivity contribution in [3.05, 3.63) is 88.3 Å². The molecule has 0 saturated carbocycles. The van der Waals surface area contributed by atoms with Gasteiger partial charge in [-0.05, 0) is 24.0 Å². The van der Waals surface area contributed by atoms with Gasteiger partial charge in [-0.15, -0.1) is 0 Å². The second kappa shape index (κ2) is 6.35. The predicted octanol–water partition coefficient (Wildman–Crippen LogP) is 4.35. The van der Waals surface area contributed by atoms with Gasteiger partial charge in [-0.2, -0.15) is 10.1 Å². The second-order valence-electron chi connectivity index (χ2n) is 6.91. The molecule has 2 heterocycles. The molecule has 0 saturated heterocycles. The van der Waals surface area contributed by atoms with E-state index in [0.29, 0.717) is 17.4 Å². The van der Waals surface area contributed by atoms with Crippen molar-refractivity contribution in [3.8, 4) is 0 Å². The third kappa shape index (κ3) is 2.66. The van der Waals surface area contributed by atoms with E-state index < -0.39 is 0 Å². The summed E-state index contributed by atoms with van der Waals surface area (Å²) in [6, 6.07) is 17.5. The zero-order valence-corrected chi connectivity index (χ0v) is 15.2. The second-order valence-corrected chi connectivity index (χ2v) is 7.32. The van der Waals surface area contributed by atoms with Gasteiger partial charge in [0.15, 0.2) is 5.78 Å². The van der Waals surface area contributed by atoms with Crippen LogP contribution >= 0.6 is 11.6 Å². The topological polar surface area (TPSA) is 59.8 Å². The van der Waals surface area contributed by atoms with Gasteiger partial charge in [-0.25, -0.2) is 4.68 Å². The van der Waals surface area contributed by atoms with Crippen LogP contribution in [-0.4, -0.2) is 20.5 Å². The van der Waals surface area contributed by atoms with Crippen molar-refractivity contribution in [2.45, 2.75) is 24.8 Å². The molecule has 3 aromatic rings. The minimum absolute atomic E-state index is 0.128. The maximum Gasteiger partial charge on any atom is 0.226 e.